The number of ether oxygens (including phenoxy) is 1. The van der Waals surface area contributed by atoms with Crippen LogP contribution >= 0.6 is 0 Å². The summed E-state index contributed by atoms with van der Waals surface area (Å²) in [5, 5.41) is 4.60. The highest BCUT2D eigenvalue weighted by Crippen LogP contribution is 2.55. The van der Waals surface area contributed by atoms with E-state index < -0.39 is 0 Å². The van der Waals surface area contributed by atoms with Gasteiger partial charge in [0.1, 0.15) is 5.75 Å². The zero-order valence-corrected chi connectivity index (χ0v) is 37.9. The first-order valence-corrected chi connectivity index (χ1v) is 23.5. The average molecular weight is 871 g/mol. The van der Waals surface area contributed by atoms with Crippen LogP contribution in [0.4, 0.5) is 34.1 Å². The molecular formula is C65H46N2O. The highest BCUT2D eigenvalue weighted by molar-refractivity contribution is 6.11. The van der Waals surface area contributed by atoms with E-state index in [1.54, 1.807) is 0 Å². The van der Waals surface area contributed by atoms with Crippen LogP contribution in [-0.4, -0.2) is 0 Å². The van der Waals surface area contributed by atoms with Crippen LogP contribution in [0, 0.1) is 0 Å². The largest absolute Gasteiger partial charge is 0.454 e. The third kappa shape index (κ3) is 6.35. The second-order valence-electron chi connectivity index (χ2n) is 18.5. The first kappa shape index (κ1) is 39.7. The van der Waals surface area contributed by atoms with E-state index in [0.717, 1.165) is 78.5 Å². The molecule has 11 aromatic carbocycles. The molecule has 0 amide bonds. The molecule has 0 saturated carbocycles. The van der Waals surface area contributed by atoms with Crippen LogP contribution in [0.15, 0.2) is 243 Å². The summed E-state index contributed by atoms with van der Waals surface area (Å²) in [6.07, 6.45) is 0. The molecule has 0 aromatic heterocycles. The Balaban J connectivity index is 0.964. The summed E-state index contributed by atoms with van der Waals surface area (Å²) in [6.45, 7) is 4.69. The molecule has 2 aliphatic rings. The fourth-order valence-corrected chi connectivity index (χ4v) is 11.0. The van der Waals surface area contributed by atoms with Gasteiger partial charge in [-0.3, -0.25) is 0 Å². The van der Waals surface area contributed by atoms with E-state index >= 15 is 0 Å². The second-order valence-corrected chi connectivity index (χ2v) is 18.5. The molecular weight excluding hydrogens is 825 g/mol. The molecule has 13 rings (SSSR count). The third-order valence-electron chi connectivity index (χ3n) is 14.2. The van der Waals surface area contributed by atoms with E-state index in [-0.39, 0.29) is 5.41 Å². The van der Waals surface area contributed by atoms with E-state index in [2.05, 4.69) is 266 Å². The van der Waals surface area contributed by atoms with Gasteiger partial charge in [-0.2, -0.15) is 0 Å². The lowest BCUT2D eigenvalue weighted by Crippen LogP contribution is -2.15. The topological polar surface area (TPSA) is 15.7 Å². The number of para-hydroxylation sites is 3. The van der Waals surface area contributed by atoms with Crippen molar-refractivity contribution in [3.8, 4) is 56.0 Å². The Morgan fingerprint density at radius 3 is 1.68 bits per heavy atom. The lowest BCUT2D eigenvalue weighted by Gasteiger charge is -2.31. The number of anilines is 6. The fourth-order valence-electron chi connectivity index (χ4n) is 11.0. The third-order valence-corrected chi connectivity index (χ3v) is 14.2. The molecule has 11 aromatic rings. The van der Waals surface area contributed by atoms with Crippen molar-refractivity contribution in [2.45, 2.75) is 19.3 Å². The molecule has 0 spiro atoms. The number of nitrogens with zero attached hydrogens (tertiary/aromatic N) is 2. The molecule has 68 heavy (non-hydrogen) atoms. The van der Waals surface area contributed by atoms with Crippen LogP contribution < -0.4 is 14.5 Å². The maximum absolute atomic E-state index is 7.22. The Labute approximate surface area is 397 Å². The Bertz CT molecular complexity index is 3690. The Kier molecular flexibility index (Phi) is 9.19. The van der Waals surface area contributed by atoms with Crippen molar-refractivity contribution >= 4 is 55.7 Å². The lowest BCUT2D eigenvalue weighted by molar-refractivity contribution is 0.488. The highest BCUT2D eigenvalue weighted by atomic mass is 16.5. The first-order chi connectivity index (χ1) is 33.5. The van der Waals surface area contributed by atoms with Gasteiger partial charge in [0.05, 0.1) is 11.4 Å². The van der Waals surface area contributed by atoms with Crippen LogP contribution in [0.25, 0.3) is 66.1 Å². The Morgan fingerprint density at radius 2 is 0.912 bits per heavy atom. The maximum atomic E-state index is 7.22. The molecule has 3 heteroatoms. The number of rotatable bonds is 8. The molecule has 0 bridgehead atoms. The van der Waals surface area contributed by atoms with E-state index in [0.29, 0.717) is 0 Å². The second kappa shape index (κ2) is 15.8. The molecule has 1 aliphatic carbocycles. The predicted octanol–water partition coefficient (Wildman–Crippen LogP) is 18.3. The molecule has 3 nitrogen and oxygen atoms in total. The summed E-state index contributed by atoms with van der Waals surface area (Å²) < 4.78 is 7.22. The van der Waals surface area contributed by atoms with E-state index in [1.165, 1.54) is 44.3 Å². The van der Waals surface area contributed by atoms with Crippen molar-refractivity contribution < 1.29 is 4.74 Å². The molecule has 322 valence electrons. The number of hydrogen-bond donors (Lipinski definition) is 0. The summed E-state index contributed by atoms with van der Waals surface area (Å²) in [5.41, 5.74) is 18.6. The Morgan fingerprint density at radius 1 is 0.338 bits per heavy atom. The van der Waals surface area contributed by atoms with Crippen molar-refractivity contribution in [3.05, 3.63) is 254 Å². The minimum absolute atomic E-state index is 0.0859. The van der Waals surface area contributed by atoms with Crippen molar-refractivity contribution in [2.75, 3.05) is 9.80 Å². The molecule has 0 fully saturated rings. The van der Waals surface area contributed by atoms with Crippen molar-refractivity contribution in [3.63, 3.8) is 0 Å². The van der Waals surface area contributed by atoms with Gasteiger partial charge in [0.2, 0.25) is 0 Å². The normalized spacial score (nSPS) is 12.8. The summed E-state index contributed by atoms with van der Waals surface area (Å²) in [7, 11) is 0. The van der Waals surface area contributed by atoms with Crippen LogP contribution in [0.2, 0.25) is 0 Å². The van der Waals surface area contributed by atoms with Gasteiger partial charge in [-0.15, -0.1) is 0 Å². The van der Waals surface area contributed by atoms with E-state index in [4.69, 9.17) is 4.74 Å². The molecule has 0 radical (unpaired) electrons. The molecule has 0 saturated heterocycles. The van der Waals surface area contributed by atoms with Crippen LogP contribution in [0.3, 0.4) is 0 Å². The van der Waals surface area contributed by atoms with Gasteiger partial charge >= 0.3 is 0 Å². The zero-order valence-electron chi connectivity index (χ0n) is 37.9. The van der Waals surface area contributed by atoms with Gasteiger partial charge in [-0.25, -0.2) is 0 Å². The van der Waals surface area contributed by atoms with E-state index in [9.17, 15) is 0 Å². The number of fused-ring (bicyclic) bond motifs is 6. The van der Waals surface area contributed by atoms with Crippen molar-refractivity contribution in [1.82, 2.24) is 0 Å². The van der Waals surface area contributed by atoms with Crippen LogP contribution in [0.1, 0.15) is 25.0 Å². The zero-order chi connectivity index (χ0) is 45.3. The summed E-state index contributed by atoms with van der Waals surface area (Å²) in [4.78, 5) is 4.74. The molecule has 0 unspecified atom stereocenters. The van der Waals surface area contributed by atoms with E-state index in [1.807, 2.05) is 0 Å². The fraction of sp³-hybridized carbons (Fsp3) is 0.0462. The van der Waals surface area contributed by atoms with Crippen molar-refractivity contribution in [2.24, 2.45) is 0 Å². The minimum atomic E-state index is -0.0859. The van der Waals surface area contributed by atoms with Crippen molar-refractivity contribution in [1.29, 1.82) is 0 Å². The Hall–Kier alpha value is -8.66. The summed E-state index contributed by atoms with van der Waals surface area (Å²) in [6, 6.07) is 87.9. The first-order valence-electron chi connectivity index (χ1n) is 23.5. The van der Waals surface area contributed by atoms with Gasteiger partial charge in [-0.05, 0) is 134 Å². The monoisotopic (exact) mass is 870 g/mol. The molecule has 1 aliphatic heterocycles. The smallest absolute Gasteiger partial charge is 0.159 e. The maximum Gasteiger partial charge on any atom is 0.159 e. The minimum Gasteiger partial charge on any atom is -0.454 e. The van der Waals surface area contributed by atoms with Gasteiger partial charge < -0.3 is 14.5 Å². The quantitative estimate of drug-likeness (QED) is 0.151. The van der Waals surface area contributed by atoms with Crippen LogP contribution in [-0.2, 0) is 5.41 Å². The number of hydrogen-bond acceptors (Lipinski definition) is 3. The average Bonchev–Trinajstić information content (AvgIpc) is 3.62. The molecule has 0 N–H and O–H groups in total. The van der Waals surface area contributed by atoms with Gasteiger partial charge in [0.15, 0.2) is 5.75 Å². The number of benzene rings is 11. The standard InChI is InChI=1S/C65H46N2O/c1-65(2)58-30-15-14-26-53(58)57-42-50(36-38-59(57)65)67(49-34-32-44(33-35-49)43-18-6-3-7-19-43)60-39-37-51(52-25-12-13-27-54(52)60)46-40-45-20-16-28-55-56-29-17-31-61(64(56)68-62(41-46)63(45)55)66(47-21-8-4-9-22-47)48-23-10-5-11-24-48/h3-42H,1-2H3. The molecule has 0 atom stereocenters. The SMILES string of the molecule is CC1(C)c2ccccc2-c2cc(N(c3ccc(-c4ccccc4)cc3)c3ccc(-c4cc5c6c(cccc6c4)-c4cccc(N(c6ccccc6)c6ccccc6)c4O5)c4ccccc34)ccc21. The lowest BCUT2D eigenvalue weighted by atomic mass is 9.82. The van der Waals surface area contributed by atoms with Gasteiger partial charge in [0.25, 0.3) is 0 Å². The highest BCUT2D eigenvalue weighted by Gasteiger charge is 2.36. The van der Waals surface area contributed by atoms with Crippen LogP contribution in [0.5, 0.6) is 11.5 Å². The molecule has 1 heterocycles. The van der Waals surface area contributed by atoms with Gasteiger partial charge in [-0.1, -0.05) is 184 Å². The summed E-state index contributed by atoms with van der Waals surface area (Å²) in [5.74, 6) is 1.69. The van der Waals surface area contributed by atoms with Gasteiger partial charge in [0, 0.05) is 44.5 Å². The predicted molar refractivity (Wildman–Crippen MR) is 285 cm³/mol. The summed E-state index contributed by atoms with van der Waals surface area (Å²) >= 11 is 0.